The van der Waals surface area contributed by atoms with E-state index in [-0.39, 0.29) is 42.6 Å². The molecule has 1 aromatic carbocycles. The summed E-state index contributed by atoms with van der Waals surface area (Å²) in [5.41, 5.74) is 0.395. The van der Waals surface area contributed by atoms with Gasteiger partial charge in [-0.05, 0) is 24.6 Å². The SMILES string of the molecule is COc1ccc(F)cc1COC(=O)C1=NN([C@H]2CCS(=O)(=O)C2)C(=O)CC1. The van der Waals surface area contributed by atoms with Gasteiger partial charge in [-0.15, -0.1) is 0 Å². The Labute approximate surface area is 155 Å². The first-order valence-corrected chi connectivity index (χ1v) is 10.2. The van der Waals surface area contributed by atoms with E-state index in [4.69, 9.17) is 9.47 Å². The minimum absolute atomic E-state index is 0.00386. The van der Waals surface area contributed by atoms with Crippen LogP contribution in [0, 0.1) is 5.82 Å². The van der Waals surface area contributed by atoms with Crippen molar-refractivity contribution in [1.29, 1.82) is 0 Å². The molecule has 0 radical (unpaired) electrons. The highest BCUT2D eigenvalue weighted by molar-refractivity contribution is 7.91. The predicted molar refractivity (Wildman–Crippen MR) is 93.3 cm³/mol. The number of rotatable bonds is 5. The van der Waals surface area contributed by atoms with Gasteiger partial charge >= 0.3 is 5.97 Å². The first-order valence-electron chi connectivity index (χ1n) is 8.38. The minimum Gasteiger partial charge on any atom is -0.496 e. The summed E-state index contributed by atoms with van der Waals surface area (Å²) in [6, 6.07) is 3.30. The van der Waals surface area contributed by atoms with Crippen LogP contribution in [-0.4, -0.2) is 55.7 Å². The normalized spacial score (nSPS) is 21.7. The molecule has 10 heteroatoms. The molecular formula is C17H19FN2O6S. The number of hydrogen-bond acceptors (Lipinski definition) is 7. The van der Waals surface area contributed by atoms with Crippen LogP contribution >= 0.6 is 0 Å². The van der Waals surface area contributed by atoms with Crippen LogP contribution < -0.4 is 4.74 Å². The standard InChI is InChI=1S/C17H19FN2O6S/c1-25-15-4-2-12(18)8-11(15)9-26-17(22)14-3-5-16(21)20(19-14)13-6-7-27(23,24)10-13/h2,4,8,13H,3,5-7,9-10H2,1H3/t13-/m0/s1. The highest BCUT2D eigenvalue weighted by Gasteiger charge is 2.37. The molecular weight excluding hydrogens is 379 g/mol. The van der Waals surface area contributed by atoms with Gasteiger partial charge < -0.3 is 9.47 Å². The average molecular weight is 398 g/mol. The Morgan fingerprint density at radius 2 is 2.15 bits per heavy atom. The topological polar surface area (TPSA) is 102 Å². The van der Waals surface area contributed by atoms with Gasteiger partial charge in [-0.3, -0.25) is 4.79 Å². The van der Waals surface area contributed by atoms with E-state index in [2.05, 4.69) is 5.10 Å². The molecule has 146 valence electrons. The molecule has 0 aliphatic carbocycles. The molecule has 0 N–H and O–H groups in total. The molecule has 1 atom stereocenters. The molecule has 8 nitrogen and oxygen atoms in total. The maximum atomic E-state index is 13.4. The number of esters is 1. The Morgan fingerprint density at radius 3 is 2.81 bits per heavy atom. The van der Waals surface area contributed by atoms with Crippen LogP contribution in [0.4, 0.5) is 4.39 Å². The summed E-state index contributed by atoms with van der Waals surface area (Å²) in [5, 5.41) is 5.13. The molecule has 1 saturated heterocycles. The third kappa shape index (κ3) is 4.44. The van der Waals surface area contributed by atoms with Crippen LogP contribution in [-0.2, 0) is 30.8 Å². The number of methoxy groups -OCH3 is 1. The second-order valence-electron chi connectivity index (χ2n) is 6.37. The van der Waals surface area contributed by atoms with Gasteiger partial charge in [-0.1, -0.05) is 0 Å². The van der Waals surface area contributed by atoms with E-state index in [0.717, 1.165) is 5.01 Å². The molecule has 2 aliphatic heterocycles. The predicted octanol–water partition coefficient (Wildman–Crippen LogP) is 1.04. The number of carbonyl (C=O) groups is 2. The number of ether oxygens (including phenoxy) is 2. The van der Waals surface area contributed by atoms with E-state index in [1.807, 2.05) is 0 Å². The van der Waals surface area contributed by atoms with Crippen molar-refractivity contribution in [1.82, 2.24) is 5.01 Å². The summed E-state index contributed by atoms with van der Waals surface area (Å²) in [5.74, 6) is -1.33. The third-order valence-corrected chi connectivity index (χ3v) is 6.20. The molecule has 1 aromatic rings. The highest BCUT2D eigenvalue weighted by Crippen LogP contribution is 2.23. The zero-order valence-electron chi connectivity index (χ0n) is 14.7. The van der Waals surface area contributed by atoms with E-state index >= 15 is 0 Å². The first-order chi connectivity index (χ1) is 12.8. The molecule has 2 heterocycles. The van der Waals surface area contributed by atoms with E-state index in [0.29, 0.717) is 17.7 Å². The van der Waals surface area contributed by atoms with Gasteiger partial charge in [0, 0.05) is 18.4 Å². The fraction of sp³-hybridized carbons (Fsp3) is 0.471. The summed E-state index contributed by atoms with van der Waals surface area (Å²) in [6.07, 6.45) is 0.447. The lowest BCUT2D eigenvalue weighted by Crippen LogP contribution is -2.42. The number of halogens is 1. The molecule has 27 heavy (non-hydrogen) atoms. The Bertz CT molecular complexity index is 899. The maximum Gasteiger partial charge on any atom is 0.354 e. The molecule has 0 bridgehead atoms. The number of nitrogens with zero attached hydrogens (tertiary/aromatic N) is 2. The lowest BCUT2D eigenvalue weighted by atomic mass is 10.1. The number of hydrogen-bond donors (Lipinski definition) is 0. The fourth-order valence-corrected chi connectivity index (χ4v) is 4.75. The van der Waals surface area contributed by atoms with Gasteiger partial charge in [0.25, 0.3) is 0 Å². The van der Waals surface area contributed by atoms with E-state index in [1.54, 1.807) is 0 Å². The molecule has 0 unspecified atom stereocenters. The summed E-state index contributed by atoms with van der Waals surface area (Å²) in [7, 11) is -1.77. The average Bonchev–Trinajstić information content (AvgIpc) is 2.99. The van der Waals surface area contributed by atoms with Gasteiger partial charge in [0.05, 0.1) is 24.7 Å². The van der Waals surface area contributed by atoms with Gasteiger partial charge in [-0.25, -0.2) is 22.6 Å². The van der Waals surface area contributed by atoms with Crippen molar-refractivity contribution < 1.29 is 31.9 Å². The number of hydrazone groups is 1. The van der Waals surface area contributed by atoms with E-state index < -0.39 is 27.7 Å². The van der Waals surface area contributed by atoms with Crippen LogP contribution in [0.15, 0.2) is 23.3 Å². The lowest BCUT2D eigenvalue weighted by Gasteiger charge is -2.27. The van der Waals surface area contributed by atoms with Crippen molar-refractivity contribution >= 4 is 27.4 Å². The van der Waals surface area contributed by atoms with Gasteiger partial charge in [0.15, 0.2) is 9.84 Å². The summed E-state index contributed by atoms with van der Waals surface area (Å²) in [4.78, 5) is 24.4. The van der Waals surface area contributed by atoms with Crippen molar-refractivity contribution in [2.45, 2.75) is 31.9 Å². The summed E-state index contributed by atoms with van der Waals surface area (Å²) < 4.78 is 46.9. The molecule has 0 spiro atoms. The highest BCUT2D eigenvalue weighted by atomic mass is 32.2. The monoisotopic (exact) mass is 398 g/mol. The van der Waals surface area contributed by atoms with Crippen molar-refractivity contribution in [3.8, 4) is 5.75 Å². The van der Waals surface area contributed by atoms with Gasteiger partial charge in [0.1, 0.15) is 23.9 Å². The Balaban J connectivity index is 1.70. The number of sulfone groups is 1. The van der Waals surface area contributed by atoms with Crippen molar-refractivity contribution in [3.05, 3.63) is 29.6 Å². The Kier molecular flexibility index (Phi) is 5.45. The Hall–Kier alpha value is -2.49. The van der Waals surface area contributed by atoms with Crippen molar-refractivity contribution in [2.75, 3.05) is 18.6 Å². The zero-order chi connectivity index (χ0) is 19.6. The second kappa shape index (κ2) is 7.63. The molecule has 0 aromatic heterocycles. The largest absolute Gasteiger partial charge is 0.496 e. The number of amides is 1. The van der Waals surface area contributed by atoms with E-state index in [9.17, 15) is 22.4 Å². The second-order valence-corrected chi connectivity index (χ2v) is 8.60. The summed E-state index contributed by atoms with van der Waals surface area (Å²) in [6.45, 7) is -0.218. The van der Waals surface area contributed by atoms with Gasteiger partial charge in [0.2, 0.25) is 5.91 Å². The quantitative estimate of drug-likeness (QED) is 0.687. The van der Waals surface area contributed by atoms with Crippen molar-refractivity contribution in [2.24, 2.45) is 5.10 Å². The van der Waals surface area contributed by atoms with E-state index in [1.165, 1.54) is 25.3 Å². The maximum absolute atomic E-state index is 13.4. The lowest BCUT2D eigenvalue weighted by molar-refractivity contribution is -0.138. The number of benzene rings is 1. The zero-order valence-corrected chi connectivity index (χ0v) is 15.5. The summed E-state index contributed by atoms with van der Waals surface area (Å²) >= 11 is 0. The minimum atomic E-state index is -3.19. The first kappa shape index (κ1) is 19.3. The van der Waals surface area contributed by atoms with Crippen molar-refractivity contribution in [3.63, 3.8) is 0 Å². The molecule has 2 aliphatic rings. The van der Waals surface area contributed by atoms with Crippen LogP contribution in [0.1, 0.15) is 24.8 Å². The Morgan fingerprint density at radius 1 is 1.37 bits per heavy atom. The third-order valence-electron chi connectivity index (χ3n) is 4.45. The fourth-order valence-electron chi connectivity index (χ4n) is 3.06. The van der Waals surface area contributed by atoms with Gasteiger partial charge in [-0.2, -0.15) is 5.10 Å². The molecule has 1 amide bonds. The van der Waals surface area contributed by atoms with Crippen LogP contribution in [0.3, 0.4) is 0 Å². The molecule has 0 saturated carbocycles. The van der Waals surface area contributed by atoms with Crippen LogP contribution in [0.25, 0.3) is 0 Å². The smallest absolute Gasteiger partial charge is 0.354 e. The molecule has 3 rings (SSSR count). The van der Waals surface area contributed by atoms with Crippen LogP contribution in [0.5, 0.6) is 5.75 Å². The number of carbonyl (C=O) groups excluding carboxylic acids is 2. The van der Waals surface area contributed by atoms with Crippen LogP contribution in [0.2, 0.25) is 0 Å². The molecule has 1 fully saturated rings.